The quantitative estimate of drug-likeness (QED) is 0.0426. The number of hydrogen-bond donors (Lipinski definition) is 7. The number of amides is 4. The van der Waals surface area contributed by atoms with Crippen LogP contribution in [0, 0.1) is 5.92 Å². The molecule has 396 valence electrons. The molecule has 0 saturated carbocycles. The van der Waals surface area contributed by atoms with Crippen LogP contribution in [0.3, 0.4) is 0 Å². The molecular formula is C48H82N4O17. The van der Waals surface area contributed by atoms with Gasteiger partial charge in [-0.25, -0.2) is 9.59 Å². The van der Waals surface area contributed by atoms with E-state index in [4.69, 9.17) is 18.9 Å². The molecule has 3 atom stereocenters. The number of nitrogens with one attached hydrogen (secondary N) is 4. The molecule has 21 heteroatoms. The Bertz CT molecular complexity index is 1530. The zero-order chi connectivity index (χ0) is 51.5. The van der Waals surface area contributed by atoms with Gasteiger partial charge in [-0.2, -0.15) is 0 Å². The monoisotopic (exact) mass is 987 g/mol. The molecule has 0 aromatic carbocycles. The van der Waals surface area contributed by atoms with E-state index < -0.39 is 59.9 Å². The number of Topliss-reactive ketones (excluding diaryl/α,β-unsaturated/α-hetero) is 3. The molecule has 0 unspecified atom stereocenters. The van der Waals surface area contributed by atoms with E-state index in [1.807, 2.05) is 0 Å². The molecule has 0 aliphatic rings. The van der Waals surface area contributed by atoms with Crippen LogP contribution in [0.25, 0.3) is 0 Å². The lowest BCUT2D eigenvalue weighted by atomic mass is 9.97. The van der Waals surface area contributed by atoms with Gasteiger partial charge in [0, 0.05) is 51.6 Å². The Hall–Kier alpha value is -4.86. The molecule has 7 N–H and O–H groups in total. The van der Waals surface area contributed by atoms with Gasteiger partial charge >= 0.3 is 17.9 Å². The third kappa shape index (κ3) is 41.8. The van der Waals surface area contributed by atoms with Gasteiger partial charge in [0.25, 0.3) is 0 Å². The number of rotatable bonds is 49. The number of hydrogen-bond acceptors (Lipinski definition) is 14. The lowest BCUT2D eigenvalue weighted by Crippen LogP contribution is -2.41. The molecule has 4 amide bonds. The Morgan fingerprint density at radius 2 is 0.783 bits per heavy atom. The van der Waals surface area contributed by atoms with Crippen molar-refractivity contribution >= 4 is 58.9 Å². The average Bonchev–Trinajstić information content (AvgIpc) is 3.28. The van der Waals surface area contributed by atoms with E-state index in [0.717, 1.165) is 32.1 Å². The molecule has 0 aromatic rings. The van der Waals surface area contributed by atoms with Crippen LogP contribution >= 0.6 is 0 Å². The molecule has 0 aromatic heterocycles. The van der Waals surface area contributed by atoms with Crippen molar-refractivity contribution in [2.24, 2.45) is 5.92 Å². The third-order valence-electron chi connectivity index (χ3n) is 10.8. The van der Waals surface area contributed by atoms with E-state index >= 15 is 0 Å². The van der Waals surface area contributed by atoms with Crippen LogP contribution in [0.5, 0.6) is 0 Å². The minimum Gasteiger partial charge on any atom is -0.481 e. The molecule has 0 radical (unpaired) electrons. The zero-order valence-corrected chi connectivity index (χ0v) is 41.1. The summed E-state index contributed by atoms with van der Waals surface area (Å²) in [6, 6.07) is -2.45. The van der Waals surface area contributed by atoms with Crippen molar-refractivity contribution in [3.8, 4) is 0 Å². The molecule has 0 bridgehead atoms. The van der Waals surface area contributed by atoms with Gasteiger partial charge in [-0.05, 0) is 46.0 Å². The van der Waals surface area contributed by atoms with Crippen molar-refractivity contribution in [1.29, 1.82) is 0 Å². The van der Waals surface area contributed by atoms with E-state index in [1.165, 1.54) is 58.3 Å². The Morgan fingerprint density at radius 1 is 0.391 bits per heavy atom. The van der Waals surface area contributed by atoms with Gasteiger partial charge in [-0.15, -0.1) is 0 Å². The normalized spacial score (nSPS) is 12.3. The van der Waals surface area contributed by atoms with Crippen LogP contribution in [0.15, 0.2) is 0 Å². The van der Waals surface area contributed by atoms with Crippen LogP contribution < -0.4 is 21.3 Å². The highest BCUT2D eigenvalue weighted by atomic mass is 16.5. The van der Waals surface area contributed by atoms with Crippen LogP contribution in [0.4, 0.5) is 0 Å². The summed E-state index contributed by atoms with van der Waals surface area (Å²) in [5, 5.41) is 38.2. The fourth-order valence-electron chi connectivity index (χ4n) is 6.86. The lowest BCUT2D eigenvalue weighted by molar-refractivity contribution is -0.145. The first-order valence-electron chi connectivity index (χ1n) is 24.6. The Balaban J connectivity index is 3.85. The summed E-state index contributed by atoms with van der Waals surface area (Å²) in [5.74, 6) is -7.30. The van der Waals surface area contributed by atoms with Crippen LogP contribution in [0.1, 0.15) is 162 Å². The summed E-state index contributed by atoms with van der Waals surface area (Å²) in [6.07, 6.45) is 15.5. The maximum absolute atomic E-state index is 12.4. The maximum Gasteiger partial charge on any atom is 0.326 e. The van der Waals surface area contributed by atoms with Crippen molar-refractivity contribution in [2.75, 3.05) is 65.9 Å². The summed E-state index contributed by atoms with van der Waals surface area (Å²) in [5.41, 5.74) is 0. The van der Waals surface area contributed by atoms with E-state index in [2.05, 4.69) is 21.3 Å². The summed E-state index contributed by atoms with van der Waals surface area (Å²) >= 11 is 0. The summed E-state index contributed by atoms with van der Waals surface area (Å²) in [6.45, 7) is 3.34. The first-order chi connectivity index (χ1) is 33.0. The standard InChI is InChI=1S/C48H82N4O17/c1-36(53)17-15-13-11-9-7-5-3-4-6-8-10-12-14-16-18-43(57)51-41(48(64)65)22-24-42(56)49-25-27-66-30-32-69-35-45(59)50-26-28-67-29-31-68-34-39(55)33-38(46(60)61)20-23-44(58)52-40(47(62)63)21-19-37(2)54/h38,40-41H,3-35H2,1-2H3,(H,49,56)(H,50,59)(H,51,57)(H,52,58)(H,60,61)(H,62,63)(H,64,65)/t38-,40+,41+/m1/s1. The van der Waals surface area contributed by atoms with E-state index in [9.17, 15) is 63.3 Å². The van der Waals surface area contributed by atoms with Gasteiger partial charge in [0.05, 0.1) is 45.6 Å². The minimum absolute atomic E-state index is 0.0181. The van der Waals surface area contributed by atoms with Crippen molar-refractivity contribution < 1.29 is 82.2 Å². The summed E-state index contributed by atoms with van der Waals surface area (Å²) in [7, 11) is 0. The number of carboxylic acids is 3. The fourth-order valence-corrected chi connectivity index (χ4v) is 6.86. The van der Waals surface area contributed by atoms with Crippen LogP contribution in [-0.4, -0.2) is 152 Å². The molecule has 0 heterocycles. The minimum atomic E-state index is -1.32. The van der Waals surface area contributed by atoms with Crippen LogP contribution in [-0.2, 0) is 66.9 Å². The number of carbonyl (C=O) groups is 10. The Labute approximate surface area is 407 Å². The third-order valence-corrected chi connectivity index (χ3v) is 10.8. The van der Waals surface area contributed by atoms with Crippen molar-refractivity contribution in [2.45, 2.75) is 174 Å². The molecule has 69 heavy (non-hydrogen) atoms. The molecular weight excluding hydrogens is 905 g/mol. The van der Waals surface area contributed by atoms with Crippen LogP contribution in [0.2, 0.25) is 0 Å². The Morgan fingerprint density at radius 3 is 1.25 bits per heavy atom. The second kappa shape index (κ2) is 43.2. The average molecular weight is 987 g/mol. The first kappa shape index (κ1) is 64.1. The highest BCUT2D eigenvalue weighted by molar-refractivity contribution is 5.87. The van der Waals surface area contributed by atoms with Gasteiger partial charge in [0.15, 0.2) is 5.78 Å². The fraction of sp³-hybridized carbons (Fsp3) is 0.792. The highest BCUT2D eigenvalue weighted by Gasteiger charge is 2.25. The largest absolute Gasteiger partial charge is 0.481 e. The van der Waals surface area contributed by atoms with Crippen molar-refractivity contribution in [1.82, 2.24) is 21.3 Å². The smallest absolute Gasteiger partial charge is 0.326 e. The summed E-state index contributed by atoms with van der Waals surface area (Å²) in [4.78, 5) is 118. The molecule has 0 rings (SSSR count). The predicted molar refractivity (Wildman–Crippen MR) is 252 cm³/mol. The summed E-state index contributed by atoms with van der Waals surface area (Å²) < 4.78 is 21.2. The van der Waals surface area contributed by atoms with Gasteiger partial charge in [-0.1, -0.05) is 77.0 Å². The van der Waals surface area contributed by atoms with Gasteiger partial charge < -0.3 is 65.1 Å². The molecule has 21 nitrogen and oxygen atoms in total. The second-order valence-electron chi connectivity index (χ2n) is 17.2. The lowest BCUT2D eigenvalue weighted by Gasteiger charge is -2.15. The molecule has 0 fully saturated rings. The number of ether oxygens (including phenoxy) is 4. The predicted octanol–water partition coefficient (Wildman–Crippen LogP) is 3.84. The SMILES string of the molecule is CC(=O)CCCCCCCCCCCCCCCCC(=O)N[C@@H](CCC(=O)NCCOCCOCC(=O)NCCOCCOCC(=O)C[C@@H](CCC(=O)N[C@@H](CCC(C)=O)C(=O)O)C(=O)O)C(=O)O. The van der Waals surface area contributed by atoms with Gasteiger partial charge in [0.2, 0.25) is 23.6 Å². The molecule has 0 aliphatic carbocycles. The van der Waals surface area contributed by atoms with E-state index in [-0.39, 0.29) is 134 Å². The second-order valence-corrected chi connectivity index (χ2v) is 17.2. The maximum atomic E-state index is 12.4. The molecule has 0 spiro atoms. The first-order valence-corrected chi connectivity index (χ1v) is 24.6. The Kier molecular flexibility index (Phi) is 40.1. The van der Waals surface area contributed by atoms with E-state index in [1.54, 1.807) is 6.92 Å². The number of carboxylic acid groups (broad SMARTS) is 3. The number of carbonyl (C=O) groups excluding carboxylic acids is 7. The number of ketones is 3. The van der Waals surface area contributed by atoms with Gasteiger partial charge in [0.1, 0.15) is 36.9 Å². The van der Waals surface area contributed by atoms with Crippen molar-refractivity contribution in [3.05, 3.63) is 0 Å². The topological polar surface area (TPSA) is 316 Å². The zero-order valence-electron chi connectivity index (χ0n) is 41.1. The number of aliphatic carboxylic acids is 3. The highest BCUT2D eigenvalue weighted by Crippen LogP contribution is 2.15. The van der Waals surface area contributed by atoms with Gasteiger partial charge in [-0.3, -0.25) is 28.8 Å². The molecule has 0 aliphatic heterocycles. The van der Waals surface area contributed by atoms with E-state index in [0.29, 0.717) is 12.8 Å². The number of unbranched alkanes of at least 4 members (excludes halogenated alkanes) is 13. The van der Waals surface area contributed by atoms with Crippen molar-refractivity contribution in [3.63, 3.8) is 0 Å². The molecule has 0 saturated heterocycles.